The number of ether oxygens (including phenoxy) is 2. The maximum Gasteiger partial charge on any atom is 0.163 e. The highest BCUT2D eigenvalue weighted by atomic mass is 19.1. The molecule has 0 aliphatic heterocycles. The molecule has 0 spiro atoms. The molecule has 0 radical (unpaired) electrons. The van der Waals surface area contributed by atoms with Crippen LogP contribution in [0.25, 0.3) is 0 Å². The van der Waals surface area contributed by atoms with Crippen LogP contribution in [0.15, 0.2) is 12.1 Å². The zero-order valence-electron chi connectivity index (χ0n) is 11.3. The number of nitrogens with two attached hydrogens (primary N) is 1. The number of methoxy groups -OCH3 is 1. The maximum absolute atomic E-state index is 13.8. The van der Waals surface area contributed by atoms with E-state index < -0.39 is 0 Å². The summed E-state index contributed by atoms with van der Waals surface area (Å²) in [5, 5.41) is 0. The topological polar surface area (TPSA) is 44.5 Å². The van der Waals surface area contributed by atoms with Gasteiger partial charge in [0.1, 0.15) is 5.82 Å². The second-order valence-corrected chi connectivity index (χ2v) is 4.51. The quantitative estimate of drug-likeness (QED) is 0.762. The van der Waals surface area contributed by atoms with Gasteiger partial charge < -0.3 is 15.2 Å². The van der Waals surface area contributed by atoms with E-state index in [1.54, 1.807) is 6.07 Å². The number of benzene rings is 1. The van der Waals surface area contributed by atoms with Gasteiger partial charge in [0.25, 0.3) is 0 Å². The Labute approximate surface area is 108 Å². The third-order valence-corrected chi connectivity index (χ3v) is 2.60. The molecule has 0 saturated carbocycles. The Kier molecular flexibility index (Phi) is 5.92. The van der Waals surface area contributed by atoms with E-state index in [1.807, 2.05) is 13.8 Å². The van der Waals surface area contributed by atoms with Gasteiger partial charge in [0, 0.05) is 6.07 Å². The standard InChI is InChI=1S/C14H22FNO2/c1-10(2)18-14-8-11(6-4-5-7-16)12(15)9-13(14)17-3/h8-10H,4-7,16H2,1-3H3. The van der Waals surface area contributed by atoms with E-state index >= 15 is 0 Å². The first-order valence-corrected chi connectivity index (χ1v) is 6.31. The molecule has 0 fully saturated rings. The molecular weight excluding hydrogens is 233 g/mol. The van der Waals surface area contributed by atoms with E-state index in [9.17, 15) is 4.39 Å². The first-order valence-electron chi connectivity index (χ1n) is 6.31. The minimum Gasteiger partial charge on any atom is -0.493 e. The highest BCUT2D eigenvalue weighted by Crippen LogP contribution is 2.31. The molecular formula is C14H22FNO2. The molecule has 0 amide bonds. The number of unbranched alkanes of at least 4 members (excludes halogenated alkanes) is 1. The molecule has 1 aromatic carbocycles. The molecule has 18 heavy (non-hydrogen) atoms. The van der Waals surface area contributed by atoms with E-state index in [2.05, 4.69) is 0 Å². The van der Waals surface area contributed by atoms with Crippen molar-refractivity contribution in [3.05, 3.63) is 23.5 Å². The molecule has 0 aliphatic rings. The summed E-state index contributed by atoms with van der Waals surface area (Å²) in [7, 11) is 1.51. The van der Waals surface area contributed by atoms with Crippen LogP contribution < -0.4 is 15.2 Å². The van der Waals surface area contributed by atoms with Crippen molar-refractivity contribution in [2.75, 3.05) is 13.7 Å². The van der Waals surface area contributed by atoms with E-state index in [-0.39, 0.29) is 11.9 Å². The zero-order valence-corrected chi connectivity index (χ0v) is 11.3. The van der Waals surface area contributed by atoms with Gasteiger partial charge in [-0.3, -0.25) is 0 Å². The normalized spacial score (nSPS) is 10.8. The molecule has 4 heteroatoms. The summed E-state index contributed by atoms with van der Waals surface area (Å²) in [5.41, 5.74) is 6.09. The van der Waals surface area contributed by atoms with Gasteiger partial charge in [0.05, 0.1) is 13.2 Å². The van der Waals surface area contributed by atoms with Crippen molar-refractivity contribution in [3.8, 4) is 11.5 Å². The summed E-state index contributed by atoms with van der Waals surface area (Å²) < 4.78 is 24.6. The van der Waals surface area contributed by atoms with Gasteiger partial charge in [-0.25, -0.2) is 4.39 Å². The lowest BCUT2D eigenvalue weighted by Crippen LogP contribution is -2.08. The Morgan fingerprint density at radius 2 is 1.94 bits per heavy atom. The fraction of sp³-hybridized carbons (Fsp3) is 0.571. The lowest BCUT2D eigenvalue weighted by molar-refractivity contribution is 0.229. The molecule has 0 unspecified atom stereocenters. The summed E-state index contributed by atoms with van der Waals surface area (Å²) in [6.07, 6.45) is 2.47. The molecule has 0 aromatic heterocycles. The molecule has 0 bridgehead atoms. The van der Waals surface area contributed by atoms with Gasteiger partial charge in [0.2, 0.25) is 0 Å². The van der Waals surface area contributed by atoms with Crippen molar-refractivity contribution < 1.29 is 13.9 Å². The SMILES string of the molecule is COc1cc(F)c(CCCCN)cc1OC(C)C. The smallest absolute Gasteiger partial charge is 0.163 e. The van der Waals surface area contributed by atoms with Crippen molar-refractivity contribution in [2.45, 2.75) is 39.2 Å². The molecule has 102 valence electrons. The molecule has 1 aromatic rings. The predicted molar refractivity (Wildman–Crippen MR) is 70.7 cm³/mol. The summed E-state index contributed by atoms with van der Waals surface area (Å²) in [5.74, 6) is 0.778. The molecule has 2 N–H and O–H groups in total. The summed E-state index contributed by atoms with van der Waals surface area (Å²) in [6.45, 7) is 4.49. The summed E-state index contributed by atoms with van der Waals surface area (Å²) in [6, 6.07) is 3.11. The molecule has 0 aliphatic carbocycles. The average Bonchev–Trinajstić information content (AvgIpc) is 2.32. The van der Waals surface area contributed by atoms with E-state index in [4.69, 9.17) is 15.2 Å². The van der Waals surface area contributed by atoms with E-state index in [0.29, 0.717) is 30.0 Å². The zero-order chi connectivity index (χ0) is 13.5. The van der Waals surface area contributed by atoms with Crippen LogP contribution in [0.4, 0.5) is 4.39 Å². The Hall–Kier alpha value is -1.29. The van der Waals surface area contributed by atoms with Crippen LogP contribution in [0.3, 0.4) is 0 Å². The number of halogens is 1. The summed E-state index contributed by atoms with van der Waals surface area (Å²) >= 11 is 0. The predicted octanol–water partition coefficient (Wildman–Crippen LogP) is 2.90. The van der Waals surface area contributed by atoms with Crippen molar-refractivity contribution >= 4 is 0 Å². The van der Waals surface area contributed by atoms with Crippen molar-refractivity contribution in [1.82, 2.24) is 0 Å². The first kappa shape index (κ1) is 14.8. The highest BCUT2D eigenvalue weighted by molar-refractivity contribution is 5.44. The van der Waals surface area contributed by atoms with Crippen molar-refractivity contribution in [3.63, 3.8) is 0 Å². The Balaban J connectivity index is 2.90. The Bertz CT molecular complexity index is 380. The fourth-order valence-electron chi connectivity index (χ4n) is 1.73. The minimum absolute atomic E-state index is 0.0289. The number of hydrogen-bond donors (Lipinski definition) is 1. The van der Waals surface area contributed by atoms with Crippen molar-refractivity contribution in [2.24, 2.45) is 5.73 Å². The number of rotatable bonds is 7. The number of hydrogen-bond acceptors (Lipinski definition) is 3. The Morgan fingerprint density at radius 3 is 2.50 bits per heavy atom. The fourth-order valence-corrected chi connectivity index (χ4v) is 1.73. The molecule has 0 saturated heterocycles. The molecule has 0 atom stereocenters. The van der Waals surface area contributed by atoms with Gasteiger partial charge in [-0.2, -0.15) is 0 Å². The van der Waals surface area contributed by atoms with Crippen LogP contribution in [-0.2, 0) is 6.42 Å². The highest BCUT2D eigenvalue weighted by Gasteiger charge is 2.12. The van der Waals surface area contributed by atoms with Gasteiger partial charge in [0.15, 0.2) is 11.5 Å². The molecule has 1 rings (SSSR count). The van der Waals surface area contributed by atoms with Crippen LogP contribution in [-0.4, -0.2) is 19.8 Å². The molecule has 0 heterocycles. The van der Waals surface area contributed by atoms with Gasteiger partial charge in [-0.15, -0.1) is 0 Å². The summed E-state index contributed by atoms with van der Waals surface area (Å²) in [4.78, 5) is 0. The van der Waals surface area contributed by atoms with Gasteiger partial charge in [-0.1, -0.05) is 0 Å². The number of aryl methyl sites for hydroxylation is 1. The lowest BCUT2D eigenvalue weighted by atomic mass is 10.1. The third-order valence-electron chi connectivity index (χ3n) is 2.60. The average molecular weight is 255 g/mol. The Morgan fingerprint density at radius 1 is 1.22 bits per heavy atom. The second kappa shape index (κ2) is 7.21. The van der Waals surface area contributed by atoms with Gasteiger partial charge >= 0.3 is 0 Å². The third kappa shape index (κ3) is 4.18. The molecule has 3 nitrogen and oxygen atoms in total. The van der Waals surface area contributed by atoms with Crippen molar-refractivity contribution in [1.29, 1.82) is 0 Å². The van der Waals surface area contributed by atoms with Crippen LogP contribution in [0.2, 0.25) is 0 Å². The minimum atomic E-state index is -0.250. The van der Waals surface area contributed by atoms with Gasteiger partial charge in [-0.05, 0) is 51.3 Å². The van der Waals surface area contributed by atoms with Crippen LogP contribution in [0.5, 0.6) is 11.5 Å². The van der Waals surface area contributed by atoms with Crippen LogP contribution in [0, 0.1) is 5.82 Å². The lowest BCUT2D eigenvalue weighted by Gasteiger charge is -2.15. The van der Waals surface area contributed by atoms with E-state index in [0.717, 1.165) is 12.8 Å². The van der Waals surface area contributed by atoms with Crippen LogP contribution >= 0.6 is 0 Å². The second-order valence-electron chi connectivity index (χ2n) is 4.51. The maximum atomic E-state index is 13.8. The first-order chi connectivity index (χ1) is 8.58. The monoisotopic (exact) mass is 255 g/mol. The van der Waals surface area contributed by atoms with Crippen LogP contribution in [0.1, 0.15) is 32.3 Å². The largest absolute Gasteiger partial charge is 0.493 e. The van der Waals surface area contributed by atoms with E-state index in [1.165, 1.54) is 13.2 Å².